The second-order valence-electron chi connectivity index (χ2n) is 6.44. The van der Waals surface area contributed by atoms with Gasteiger partial charge in [0.1, 0.15) is 6.10 Å². The highest BCUT2D eigenvalue weighted by molar-refractivity contribution is 5.57. The van der Waals surface area contributed by atoms with Crippen molar-refractivity contribution < 1.29 is 28.4 Å². The van der Waals surface area contributed by atoms with Crippen molar-refractivity contribution in [2.45, 2.75) is 25.6 Å². The van der Waals surface area contributed by atoms with Gasteiger partial charge in [0.25, 0.3) is 0 Å². The molecule has 3 rings (SSSR count). The SMILES string of the molecule is C=CCc1cc(OC)c2c(c1)OC(c1cc(OC)c(OC)c(OC)c1)C(C)O2. The third-order valence-electron chi connectivity index (χ3n) is 4.68. The first-order valence-electron chi connectivity index (χ1n) is 9.01. The van der Waals surface area contributed by atoms with Gasteiger partial charge >= 0.3 is 0 Å². The molecule has 0 fully saturated rings. The summed E-state index contributed by atoms with van der Waals surface area (Å²) in [4.78, 5) is 0. The number of rotatable bonds is 7. The Kier molecular flexibility index (Phi) is 5.87. The number of hydrogen-bond acceptors (Lipinski definition) is 6. The average molecular weight is 386 g/mol. The highest BCUT2D eigenvalue weighted by Crippen LogP contribution is 2.48. The molecule has 6 heteroatoms. The number of benzene rings is 2. The third-order valence-corrected chi connectivity index (χ3v) is 4.68. The zero-order valence-corrected chi connectivity index (χ0v) is 16.9. The first-order valence-corrected chi connectivity index (χ1v) is 9.01. The van der Waals surface area contributed by atoms with Gasteiger partial charge in [0.15, 0.2) is 29.1 Å². The Morgan fingerprint density at radius 1 is 0.893 bits per heavy atom. The Morgan fingerprint density at radius 2 is 1.54 bits per heavy atom. The maximum Gasteiger partial charge on any atom is 0.204 e. The van der Waals surface area contributed by atoms with Crippen molar-refractivity contribution in [1.29, 1.82) is 0 Å². The fraction of sp³-hybridized carbons (Fsp3) is 0.364. The zero-order chi connectivity index (χ0) is 20.3. The van der Waals surface area contributed by atoms with Crippen molar-refractivity contribution in [2.24, 2.45) is 0 Å². The van der Waals surface area contributed by atoms with Gasteiger partial charge in [0, 0.05) is 5.56 Å². The van der Waals surface area contributed by atoms with Crippen LogP contribution >= 0.6 is 0 Å². The minimum Gasteiger partial charge on any atom is -0.493 e. The predicted octanol–water partition coefficient (Wildman–Crippen LogP) is 4.35. The van der Waals surface area contributed by atoms with E-state index in [2.05, 4.69) is 6.58 Å². The van der Waals surface area contributed by atoms with Crippen LogP contribution in [0.1, 0.15) is 24.2 Å². The second-order valence-corrected chi connectivity index (χ2v) is 6.44. The summed E-state index contributed by atoms with van der Waals surface area (Å²) in [6.07, 6.45) is 1.93. The monoisotopic (exact) mass is 386 g/mol. The lowest BCUT2D eigenvalue weighted by molar-refractivity contribution is 0.0278. The van der Waals surface area contributed by atoms with Crippen LogP contribution in [0.5, 0.6) is 34.5 Å². The molecule has 1 aliphatic heterocycles. The van der Waals surface area contributed by atoms with Crippen LogP contribution in [-0.4, -0.2) is 34.5 Å². The Morgan fingerprint density at radius 3 is 2.07 bits per heavy atom. The Bertz CT molecular complexity index is 835. The fourth-order valence-corrected chi connectivity index (χ4v) is 3.36. The molecule has 2 aromatic carbocycles. The van der Waals surface area contributed by atoms with E-state index in [0.29, 0.717) is 40.9 Å². The molecule has 0 spiro atoms. The van der Waals surface area contributed by atoms with Crippen LogP contribution in [0.4, 0.5) is 0 Å². The van der Waals surface area contributed by atoms with Gasteiger partial charge < -0.3 is 28.4 Å². The lowest BCUT2D eigenvalue weighted by Crippen LogP contribution is -2.31. The highest BCUT2D eigenvalue weighted by atomic mass is 16.6. The largest absolute Gasteiger partial charge is 0.493 e. The summed E-state index contributed by atoms with van der Waals surface area (Å²) in [6, 6.07) is 7.65. The van der Waals surface area contributed by atoms with Crippen LogP contribution in [-0.2, 0) is 6.42 Å². The molecule has 1 heterocycles. The molecule has 0 saturated heterocycles. The Hall–Kier alpha value is -3.02. The van der Waals surface area contributed by atoms with E-state index in [1.807, 2.05) is 37.3 Å². The Labute approximate surface area is 165 Å². The molecule has 0 aromatic heterocycles. The quantitative estimate of drug-likeness (QED) is 0.660. The molecule has 1 aliphatic rings. The number of ether oxygens (including phenoxy) is 6. The van der Waals surface area contributed by atoms with E-state index in [1.54, 1.807) is 28.4 Å². The van der Waals surface area contributed by atoms with Gasteiger partial charge in [0.2, 0.25) is 11.5 Å². The van der Waals surface area contributed by atoms with Gasteiger partial charge in [-0.3, -0.25) is 0 Å². The second kappa shape index (κ2) is 8.33. The van der Waals surface area contributed by atoms with Gasteiger partial charge in [0.05, 0.1) is 28.4 Å². The normalized spacial score (nSPS) is 17.6. The van der Waals surface area contributed by atoms with Crippen LogP contribution in [0.15, 0.2) is 36.9 Å². The van der Waals surface area contributed by atoms with Crippen molar-refractivity contribution in [3.05, 3.63) is 48.0 Å². The fourth-order valence-electron chi connectivity index (χ4n) is 3.36. The molecular formula is C22H26O6. The summed E-state index contributed by atoms with van der Waals surface area (Å²) in [5.41, 5.74) is 1.90. The van der Waals surface area contributed by atoms with Gasteiger partial charge in [-0.1, -0.05) is 6.08 Å². The smallest absolute Gasteiger partial charge is 0.204 e. The van der Waals surface area contributed by atoms with Crippen LogP contribution in [0.3, 0.4) is 0 Å². The predicted molar refractivity (Wildman–Crippen MR) is 106 cm³/mol. The number of fused-ring (bicyclic) bond motifs is 1. The van der Waals surface area contributed by atoms with E-state index in [-0.39, 0.29) is 12.2 Å². The molecule has 0 N–H and O–H groups in total. The van der Waals surface area contributed by atoms with E-state index >= 15 is 0 Å². The van der Waals surface area contributed by atoms with Crippen molar-refractivity contribution in [3.8, 4) is 34.5 Å². The summed E-state index contributed by atoms with van der Waals surface area (Å²) in [5.74, 6) is 3.55. The standard InChI is InChI=1S/C22H26O6/c1-7-8-14-9-16(23-3)22-19(10-14)28-20(13(2)27-22)15-11-17(24-4)21(26-6)18(12-15)25-5/h7,9-13,20H,1,8H2,2-6H3. The van der Waals surface area contributed by atoms with Gasteiger partial charge in [-0.05, 0) is 43.2 Å². The molecule has 2 unspecified atom stereocenters. The lowest BCUT2D eigenvalue weighted by atomic mass is 10.0. The minimum atomic E-state index is -0.357. The van der Waals surface area contributed by atoms with Gasteiger partial charge in [-0.2, -0.15) is 0 Å². The van der Waals surface area contributed by atoms with Crippen LogP contribution in [0, 0.1) is 0 Å². The van der Waals surface area contributed by atoms with E-state index in [1.165, 1.54) is 0 Å². The molecule has 0 saturated carbocycles. The van der Waals surface area contributed by atoms with E-state index in [4.69, 9.17) is 28.4 Å². The van der Waals surface area contributed by atoms with Crippen molar-refractivity contribution in [3.63, 3.8) is 0 Å². The van der Waals surface area contributed by atoms with Crippen molar-refractivity contribution >= 4 is 0 Å². The van der Waals surface area contributed by atoms with Crippen LogP contribution in [0.2, 0.25) is 0 Å². The molecular weight excluding hydrogens is 360 g/mol. The van der Waals surface area contributed by atoms with Crippen LogP contribution in [0.25, 0.3) is 0 Å². The maximum absolute atomic E-state index is 6.34. The van der Waals surface area contributed by atoms with Crippen LogP contribution < -0.4 is 28.4 Å². The number of allylic oxidation sites excluding steroid dienone is 1. The molecule has 150 valence electrons. The minimum absolute atomic E-state index is 0.255. The lowest BCUT2D eigenvalue weighted by Gasteiger charge is -2.33. The summed E-state index contributed by atoms with van der Waals surface area (Å²) < 4.78 is 34.4. The first kappa shape index (κ1) is 19.7. The Balaban J connectivity index is 2.04. The average Bonchev–Trinajstić information content (AvgIpc) is 2.72. The molecule has 2 aromatic rings. The van der Waals surface area contributed by atoms with Gasteiger partial charge in [-0.25, -0.2) is 0 Å². The summed E-state index contributed by atoms with van der Waals surface area (Å²) in [7, 11) is 6.37. The summed E-state index contributed by atoms with van der Waals surface area (Å²) in [5, 5.41) is 0. The molecule has 0 bridgehead atoms. The third kappa shape index (κ3) is 3.54. The zero-order valence-electron chi connectivity index (χ0n) is 16.9. The number of methoxy groups -OCH3 is 4. The van der Waals surface area contributed by atoms with Crippen molar-refractivity contribution in [1.82, 2.24) is 0 Å². The van der Waals surface area contributed by atoms with E-state index < -0.39 is 0 Å². The highest BCUT2D eigenvalue weighted by Gasteiger charge is 2.33. The molecule has 0 radical (unpaired) electrons. The number of hydrogen-bond donors (Lipinski definition) is 0. The molecule has 6 nitrogen and oxygen atoms in total. The topological polar surface area (TPSA) is 55.4 Å². The molecule has 28 heavy (non-hydrogen) atoms. The molecule has 2 atom stereocenters. The van der Waals surface area contributed by atoms with Crippen molar-refractivity contribution in [2.75, 3.05) is 28.4 Å². The summed E-state index contributed by atoms with van der Waals surface area (Å²) >= 11 is 0. The molecule has 0 amide bonds. The molecule has 0 aliphatic carbocycles. The van der Waals surface area contributed by atoms with E-state index in [9.17, 15) is 0 Å². The summed E-state index contributed by atoms with van der Waals surface area (Å²) in [6.45, 7) is 5.75. The maximum atomic E-state index is 6.34. The van der Waals surface area contributed by atoms with Gasteiger partial charge in [-0.15, -0.1) is 6.58 Å². The first-order chi connectivity index (χ1) is 13.6. The van der Waals surface area contributed by atoms with E-state index in [0.717, 1.165) is 11.1 Å².